The van der Waals surface area contributed by atoms with E-state index in [2.05, 4.69) is 6.58 Å². The van der Waals surface area contributed by atoms with E-state index in [0.717, 1.165) is 32.4 Å². The van der Waals surface area contributed by atoms with Crippen LogP contribution in [-0.2, 0) is 11.2 Å². The zero-order valence-electron chi connectivity index (χ0n) is 17.9. The summed E-state index contributed by atoms with van der Waals surface area (Å²) in [7, 11) is 0. The summed E-state index contributed by atoms with van der Waals surface area (Å²) in [6, 6.07) is 3.75. The average molecular weight is 435 g/mol. The van der Waals surface area contributed by atoms with Gasteiger partial charge in [-0.25, -0.2) is 8.78 Å². The number of halogens is 2. The van der Waals surface area contributed by atoms with Crippen LogP contribution in [0.25, 0.3) is 10.1 Å². The van der Waals surface area contributed by atoms with Gasteiger partial charge < -0.3 is 9.84 Å². The third-order valence-electron chi connectivity index (χ3n) is 4.99. The first kappa shape index (κ1) is 23.8. The minimum Gasteiger partial charge on any atom is -0.489 e. The zero-order chi connectivity index (χ0) is 22.5. The second kappa shape index (κ2) is 10.0. The van der Waals surface area contributed by atoms with E-state index in [1.165, 1.54) is 24.3 Å². The first-order valence-electron chi connectivity index (χ1n) is 9.88. The van der Waals surface area contributed by atoms with Gasteiger partial charge in [-0.2, -0.15) is 0 Å². The molecule has 162 valence electrons. The van der Waals surface area contributed by atoms with Crippen molar-refractivity contribution in [3.63, 3.8) is 0 Å². The van der Waals surface area contributed by atoms with Crippen molar-refractivity contribution >= 4 is 27.4 Å². The molecule has 0 saturated carbocycles. The number of fused-ring (bicyclic) bond motifs is 1. The summed E-state index contributed by atoms with van der Waals surface area (Å²) in [5, 5.41) is 11.9. The number of aliphatic carboxylic acids is 1. The van der Waals surface area contributed by atoms with Crippen molar-refractivity contribution in [2.75, 3.05) is 6.61 Å². The Balaban J connectivity index is 2.25. The number of hydrogen-bond donors (Lipinski definition) is 1. The Morgan fingerprint density at radius 3 is 2.57 bits per heavy atom. The van der Waals surface area contributed by atoms with Crippen molar-refractivity contribution in [2.45, 2.75) is 52.9 Å². The molecule has 0 unspecified atom stereocenters. The van der Waals surface area contributed by atoms with Crippen LogP contribution in [-0.4, -0.2) is 23.6 Å². The van der Waals surface area contributed by atoms with Gasteiger partial charge in [0.2, 0.25) is 0 Å². The second-order valence-corrected chi connectivity index (χ2v) is 8.22. The minimum atomic E-state index is -2.82. The fraction of sp³-hybridized carbons (Fsp3) is 0.375. The molecule has 2 rings (SSSR count). The standard InChI is InChI=1S/C24H28F2O3S/c1-6-19(24(25,26)7-2)9-8-17(15(3)4)13-29-20-10-16(5)23-18(11-22(27)28)14-30-21(23)12-20/h8-10,12,14H,3,6-7,11,13H2,1-2,4-5H3,(H,27,28). The van der Waals surface area contributed by atoms with Crippen LogP contribution in [0, 0.1) is 6.92 Å². The van der Waals surface area contributed by atoms with Crippen molar-refractivity contribution in [1.82, 2.24) is 0 Å². The molecule has 0 atom stereocenters. The highest BCUT2D eigenvalue weighted by Gasteiger charge is 2.29. The molecule has 30 heavy (non-hydrogen) atoms. The topological polar surface area (TPSA) is 46.5 Å². The van der Waals surface area contributed by atoms with Crippen molar-refractivity contribution in [3.05, 3.63) is 64.1 Å². The largest absolute Gasteiger partial charge is 0.489 e. The number of hydrogen-bond acceptors (Lipinski definition) is 3. The number of rotatable bonds is 10. The van der Waals surface area contributed by atoms with E-state index in [4.69, 9.17) is 9.84 Å². The molecule has 3 nitrogen and oxygen atoms in total. The predicted molar refractivity (Wildman–Crippen MR) is 120 cm³/mol. The molecule has 0 radical (unpaired) electrons. The number of allylic oxidation sites excluding steroid dienone is 3. The molecule has 1 aromatic carbocycles. The highest BCUT2D eigenvalue weighted by Crippen LogP contribution is 2.34. The maximum Gasteiger partial charge on any atom is 0.307 e. The van der Waals surface area contributed by atoms with E-state index in [1.807, 2.05) is 31.4 Å². The van der Waals surface area contributed by atoms with Gasteiger partial charge in [0.25, 0.3) is 5.92 Å². The van der Waals surface area contributed by atoms with Crippen molar-refractivity contribution in [3.8, 4) is 5.75 Å². The lowest BCUT2D eigenvalue weighted by atomic mass is 10.0. The highest BCUT2D eigenvalue weighted by atomic mass is 32.1. The van der Waals surface area contributed by atoms with Crippen LogP contribution in [0.15, 0.2) is 53.0 Å². The zero-order valence-corrected chi connectivity index (χ0v) is 18.7. The van der Waals surface area contributed by atoms with Gasteiger partial charge >= 0.3 is 5.97 Å². The third-order valence-corrected chi connectivity index (χ3v) is 5.97. The SMILES string of the molecule is C=C(C)C(=CC=C(CC)C(F)(F)CC)COc1cc(C)c2c(CC(=O)O)csc2c1. The lowest BCUT2D eigenvalue weighted by molar-refractivity contribution is -0.136. The molecule has 2 aromatic rings. The van der Waals surface area contributed by atoms with Gasteiger partial charge in [-0.05, 0) is 65.4 Å². The highest BCUT2D eigenvalue weighted by molar-refractivity contribution is 7.17. The summed E-state index contributed by atoms with van der Waals surface area (Å²) >= 11 is 1.48. The van der Waals surface area contributed by atoms with Crippen LogP contribution in [0.1, 0.15) is 44.7 Å². The van der Waals surface area contributed by atoms with Gasteiger partial charge in [-0.1, -0.05) is 38.2 Å². The summed E-state index contributed by atoms with van der Waals surface area (Å²) in [6.07, 6.45) is 3.16. The number of benzene rings is 1. The Labute approximate surface area is 180 Å². The lowest BCUT2D eigenvalue weighted by Gasteiger charge is -2.17. The van der Waals surface area contributed by atoms with Crippen LogP contribution in [0.3, 0.4) is 0 Å². The molecule has 0 bridgehead atoms. The maximum absolute atomic E-state index is 14.0. The number of carboxylic acid groups (broad SMARTS) is 1. The van der Waals surface area contributed by atoms with Crippen LogP contribution in [0.5, 0.6) is 5.75 Å². The van der Waals surface area contributed by atoms with Crippen LogP contribution in [0.4, 0.5) is 8.78 Å². The van der Waals surface area contributed by atoms with E-state index >= 15 is 0 Å². The number of aryl methyl sites for hydroxylation is 1. The summed E-state index contributed by atoms with van der Waals surface area (Å²) in [4.78, 5) is 11.1. The molecule has 0 spiro atoms. The normalized spacial score (nSPS) is 13.0. The Bertz CT molecular complexity index is 999. The van der Waals surface area contributed by atoms with Crippen LogP contribution in [0.2, 0.25) is 0 Å². The van der Waals surface area contributed by atoms with E-state index in [0.29, 0.717) is 5.75 Å². The second-order valence-electron chi connectivity index (χ2n) is 7.31. The Kier molecular flexibility index (Phi) is 7.96. The molecule has 0 aliphatic heterocycles. The lowest BCUT2D eigenvalue weighted by Crippen LogP contribution is -2.17. The number of carbonyl (C=O) groups is 1. The summed E-state index contributed by atoms with van der Waals surface area (Å²) in [6.45, 7) is 11.1. The fourth-order valence-corrected chi connectivity index (χ4v) is 4.26. The third kappa shape index (κ3) is 5.79. The van der Waals surface area contributed by atoms with Gasteiger partial charge in [-0.3, -0.25) is 4.79 Å². The first-order chi connectivity index (χ1) is 14.1. The van der Waals surface area contributed by atoms with Crippen molar-refractivity contribution in [1.29, 1.82) is 0 Å². The Morgan fingerprint density at radius 2 is 2.00 bits per heavy atom. The molecule has 1 N–H and O–H groups in total. The molecular weight excluding hydrogens is 406 g/mol. The molecule has 0 amide bonds. The Morgan fingerprint density at radius 1 is 1.30 bits per heavy atom. The fourth-order valence-electron chi connectivity index (χ4n) is 3.20. The number of ether oxygens (including phenoxy) is 1. The molecule has 0 aliphatic carbocycles. The number of thiophene rings is 1. The van der Waals surface area contributed by atoms with Gasteiger partial charge in [-0.15, -0.1) is 11.3 Å². The van der Waals surface area contributed by atoms with Gasteiger partial charge in [0.05, 0.1) is 6.42 Å². The van der Waals surface area contributed by atoms with Crippen molar-refractivity contribution in [2.24, 2.45) is 0 Å². The molecule has 0 aliphatic rings. The van der Waals surface area contributed by atoms with E-state index in [9.17, 15) is 13.6 Å². The van der Waals surface area contributed by atoms with E-state index in [1.54, 1.807) is 13.0 Å². The minimum absolute atomic E-state index is 0.0158. The molecular formula is C24H28F2O3S. The molecule has 6 heteroatoms. The summed E-state index contributed by atoms with van der Waals surface area (Å²) < 4.78 is 34.9. The quantitative estimate of drug-likeness (QED) is 0.406. The van der Waals surface area contributed by atoms with Crippen LogP contribution >= 0.6 is 11.3 Å². The predicted octanol–water partition coefficient (Wildman–Crippen LogP) is 7.10. The van der Waals surface area contributed by atoms with Gasteiger partial charge in [0.1, 0.15) is 12.4 Å². The average Bonchev–Trinajstić information content (AvgIpc) is 3.06. The smallest absolute Gasteiger partial charge is 0.307 e. The number of carboxylic acids is 1. The van der Waals surface area contributed by atoms with Crippen molar-refractivity contribution < 1.29 is 23.4 Å². The van der Waals surface area contributed by atoms with E-state index in [-0.39, 0.29) is 31.4 Å². The first-order valence-corrected chi connectivity index (χ1v) is 10.8. The molecule has 0 fully saturated rings. The molecule has 1 heterocycles. The van der Waals surface area contributed by atoms with Crippen LogP contribution < -0.4 is 4.74 Å². The van der Waals surface area contributed by atoms with Gasteiger partial charge in [0, 0.05) is 11.1 Å². The summed E-state index contributed by atoms with van der Waals surface area (Å²) in [5.74, 6) is -3.03. The van der Waals surface area contributed by atoms with Gasteiger partial charge in [0.15, 0.2) is 0 Å². The summed E-state index contributed by atoms with van der Waals surface area (Å²) in [5.41, 5.74) is 3.31. The Hall–Kier alpha value is -2.47. The monoisotopic (exact) mass is 434 g/mol. The number of alkyl halides is 2. The van der Waals surface area contributed by atoms with E-state index < -0.39 is 11.9 Å². The molecule has 0 saturated heterocycles. The maximum atomic E-state index is 14.0. The molecule has 1 aromatic heterocycles.